The Morgan fingerprint density at radius 2 is 1.56 bits per heavy atom. The third kappa shape index (κ3) is 3.59. The third-order valence-corrected chi connectivity index (χ3v) is 3.86. The average molecular weight is 268 g/mol. The van der Waals surface area contributed by atoms with Gasteiger partial charge in [-0.05, 0) is 25.7 Å². The predicted octanol–water partition coefficient (Wildman–Crippen LogP) is 2.77. The minimum atomic E-state index is -4.13. The molecule has 0 unspecified atom stereocenters. The van der Waals surface area contributed by atoms with Crippen molar-refractivity contribution in [3.8, 4) is 0 Å². The lowest BCUT2D eigenvalue weighted by Crippen LogP contribution is -2.43. The summed E-state index contributed by atoms with van der Waals surface area (Å²) >= 11 is 0. The quantitative estimate of drug-likeness (QED) is 0.855. The van der Waals surface area contributed by atoms with Gasteiger partial charge in [-0.2, -0.15) is 13.2 Å². The Morgan fingerprint density at radius 1 is 1.00 bits per heavy atom. The van der Waals surface area contributed by atoms with E-state index < -0.39 is 24.0 Å². The topological polar surface area (TPSA) is 38.7 Å². The van der Waals surface area contributed by atoms with Crippen LogP contribution in [0.1, 0.15) is 44.9 Å². The van der Waals surface area contributed by atoms with Crippen molar-refractivity contribution in [3.63, 3.8) is 0 Å². The Morgan fingerprint density at radius 3 is 2.06 bits per heavy atom. The van der Waals surface area contributed by atoms with Crippen molar-refractivity contribution in [2.45, 2.75) is 62.5 Å². The van der Waals surface area contributed by atoms with Gasteiger partial charge < -0.3 is 14.6 Å². The molecule has 106 valence electrons. The van der Waals surface area contributed by atoms with Crippen LogP contribution in [0.15, 0.2) is 0 Å². The fourth-order valence-electron chi connectivity index (χ4n) is 2.75. The molecule has 1 heterocycles. The molecule has 18 heavy (non-hydrogen) atoms. The van der Waals surface area contributed by atoms with Crippen LogP contribution in [0.2, 0.25) is 0 Å². The molecule has 0 bridgehead atoms. The van der Waals surface area contributed by atoms with Crippen LogP contribution in [-0.2, 0) is 9.47 Å². The molecule has 2 aliphatic rings. The summed E-state index contributed by atoms with van der Waals surface area (Å²) in [6.07, 6.45) is -2.75. The highest BCUT2D eigenvalue weighted by molar-refractivity contribution is 4.91. The van der Waals surface area contributed by atoms with E-state index >= 15 is 0 Å². The molecule has 0 aromatic rings. The predicted molar refractivity (Wildman–Crippen MR) is 58.0 cm³/mol. The van der Waals surface area contributed by atoms with Gasteiger partial charge in [0.05, 0.1) is 18.8 Å². The van der Waals surface area contributed by atoms with E-state index in [1.54, 1.807) is 0 Å². The molecular weight excluding hydrogens is 249 g/mol. The molecule has 0 amide bonds. The van der Waals surface area contributed by atoms with E-state index in [4.69, 9.17) is 9.47 Å². The van der Waals surface area contributed by atoms with Gasteiger partial charge in [0.2, 0.25) is 0 Å². The Balaban J connectivity index is 1.76. The van der Waals surface area contributed by atoms with Gasteiger partial charge in [0, 0.05) is 19.3 Å². The smallest absolute Gasteiger partial charge is 0.389 e. The van der Waals surface area contributed by atoms with Gasteiger partial charge in [0.25, 0.3) is 0 Å². The van der Waals surface area contributed by atoms with E-state index in [1.807, 2.05) is 0 Å². The van der Waals surface area contributed by atoms with Crippen LogP contribution in [0.5, 0.6) is 0 Å². The Hall–Kier alpha value is -0.330. The summed E-state index contributed by atoms with van der Waals surface area (Å²) in [5.74, 6) is -0.573. The Kier molecular flexibility index (Phi) is 3.90. The number of alkyl halides is 3. The van der Waals surface area contributed by atoms with Gasteiger partial charge in [-0.1, -0.05) is 0 Å². The Bertz CT molecular complexity index is 275. The van der Waals surface area contributed by atoms with Gasteiger partial charge in [0.15, 0.2) is 5.79 Å². The maximum absolute atomic E-state index is 12.1. The highest BCUT2D eigenvalue weighted by Gasteiger charge is 2.45. The van der Waals surface area contributed by atoms with Gasteiger partial charge in [-0.3, -0.25) is 0 Å². The van der Waals surface area contributed by atoms with E-state index in [1.165, 1.54) is 0 Å². The van der Waals surface area contributed by atoms with Crippen LogP contribution in [-0.4, -0.2) is 35.9 Å². The van der Waals surface area contributed by atoms with E-state index in [0.717, 1.165) is 0 Å². The summed E-state index contributed by atoms with van der Waals surface area (Å²) in [5, 5.41) is 10.2. The molecule has 0 aromatic carbocycles. The molecule has 0 radical (unpaired) electrons. The number of halogens is 3. The minimum absolute atomic E-state index is 0.0191. The fourth-order valence-corrected chi connectivity index (χ4v) is 2.75. The molecule has 0 aromatic heterocycles. The monoisotopic (exact) mass is 268 g/mol. The van der Waals surface area contributed by atoms with Crippen LogP contribution >= 0.6 is 0 Å². The molecule has 1 aliphatic carbocycles. The van der Waals surface area contributed by atoms with Crippen LogP contribution in [0.4, 0.5) is 13.2 Å². The van der Waals surface area contributed by atoms with Crippen LogP contribution < -0.4 is 0 Å². The van der Waals surface area contributed by atoms with Gasteiger partial charge in [0.1, 0.15) is 0 Å². The highest BCUT2D eigenvalue weighted by Crippen LogP contribution is 2.42. The zero-order valence-electron chi connectivity index (χ0n) is 10.3. The van der Waals surface area contributed by atoms with Crippen molar-refractivity contribution >= 4 is 0 Å². The first-order valence-electron chi connectivity index (χ1n) is 6.40. The minimum Gasteiger partial charge on any atom is -0.390 e. The summed E-state index contributed by atoms with van der Waals surface area (Å²) in [7, 11) is 0. The number of hydrogen-bond acceptors (Lipinski definition) is 3. The van der Waals surface area contributed by atoms with Crippen molar-refractivity contribution in [3.05, 3.63) is 0 Å². The van der Waals surface area contributed by atoms with E-state index in [-0.39, 0.29) is 12.8 Å². The number of ether oxygens (including phenoxy) is 2. The van der Waals surface area contributed by atoms with Crippen molar-refractivity contribution in [1.29, 1.82) is 0 Å². The standard InChI is InChI=1S/C12H19F3O3/c13-12(14,15)3-1-2-10(16)4-6-11(7-5-10)17-8-9-18-11/h16H,1-9H2. The average Bonchev–Trinajstić information content (AvgIpc) is 2.71. The summed E-state index contributed by atoms with van der Waals surface area (Å²) in [6.45, 7) is 1.12. The molecule has 1 saturated heterocycles. The highest BCUT2D eigenvalue weighted by atomic mass is 19.4. The summed E-state index contributed by atoms with van der Waals surface area (Å²) < 4.78 is 47.2. The zero-order valence-corrected chi connectivity index (χ0v) is 10.3. The van der Waals surface area contributed by atoms with Gasteiger partial charge in [-0.15, -0.1) is 0 Å². The van der Waals surface area contributed by atoms with Gasteiger partial charge >= 0.3 is 6.18 Å². The summed E-state index contributed by atoms with van der Waals surface area (Å²) in [4.78, 5) is 0. The van der Waals surface area contributed by atoms with E-state index in [0.29, 0.717) is 38.9 Å². The number of hydrogen-bond donors (Lipinski definition) is 1. The number of aliphatic hydroxyl groups is 1. The lowest BCUT2D eigenvalue weighted by molar-refractivity contribution is -0.204. The largest absolute Gasteiger partial charge is 0.390 e. The maximum atomic E-state index is 12.1. The van der Waals surface area contributed by atoms with E-state index in [9.17, 15) is 18.3 Å². The zero-order chi connectivity index (χ0) is 13.3. The molecule has 2 rings (SSSR count). The lowest BCUT2D eigenvalue weighted by atomic mass is 9.78. The molecule has 2 fully saturated rings. The van der Waals surface area contributed by atoms with Crippen molar-refractivity contribution in [2.75, 3.05) is 13.2 Å². The molecule has 1 saturated carbocycles. The molecule has 3 nitrogen and oxygen atoms in total. The van der Waals surface area contributed by atoms with Gasteiger partial charge in [-0.25, -0.2) is 0 Å². The molecule has 0 atom stereocenters. The van der Waals surface area contributed by atoms with Crippen molar-refractivity contribution in [2.24, 2.45) is 0 Å². The first kappa shape index (κ1) is 14.1. The fraction of sp³-hybridized carbons (Fsp3) is 1.00. The first-order valence-corrected chi connectivity index (χ1v) is 6.40. The molecule has 1 spiro atoms. The van der Waals surface area contributed by atoms with Crippen LogP contribution in [0, 0.1) is 0 Å². The lowest BCUT2D eigenvalue weighted by Gasteiger charge is -2.40. The second-order valence-electron chi connectivity index (χ2n) is 5.30. The summed E-state index contributed by atoms with van der Waals surface area (Å²) in [6, 6.07) is 0. The molecule has 6 heteroatoms. The van der Waals surface area contributed by atoms with Crippen molar-refractivity contribution < 1.29 is 27.8 Å². The van der Waals surface area contributed by atoms with Crippen molar-refractivity contribution in [1.82, 2.24) is 0 Å². The molecule has 1 N–H and O–H groups in total. The maximum Gasteiger partial charge on any atom is 0.389 e. The normalized spacial score (nSPS) is 26.7. The SMILES string of the molecule is OC1(CCCC(F)(F)F)CCC2(CC1)OCCO2. The first-order chi connectivity index (χ1) is 8.33. The molecule has 1 aliphatic heterocycles. The molecular formula is C12H19F3O3. The van der Waals surface area contributed by atoms with E-state index in [2.05, 4.69) is 0 Å². The number of rotatable bonds is 3. The Labute approximate surface area is 104 Å². The summed E-state index contributed by atoms with van der Waals surface area (Å²) in [5.41, 5.74) is -0.980. The van der Waals surface area contributed by atoms with Crippen LogP contribution in [0.3, 0.4) is 0 Å². The second kappa shape index (κ2) is 4.98. The second-order valence-corrected chi connectivity index (χ2v) is 5.30. The van der Waals surface area contributed by atoms with Crippen LogP contribution in [0.25, 0.3) is 0 Å². The third-order valence-electron chi connectivity index (χ3n) is 3.86.